The lowest BCUT2D eigenvalue weighted by molar-refractivity contribution is -0.126. The van der Waals surface area contributed by atoms with Crippen LogP contribution in [-0.4, -0.2) is 17.6 Å². The minimum Gasteiger partial charge on any atom is -0.443 e. The first-order valence-corrected chi connectivity index (χ1v) is 6.48. The minimum atomic E-state index is -0.754. The van der Waals surface area contributed by atoms with Gasteiger partial charge in [-0.3, -0.25) is 10.2 Å². The van der Waals surface area contributed by atoms with E-state index < -0.39 is 17.1 Å². The zero-order chi connectivity index (χ0) is 15.4. The number of hydrogen-bond acceptors (Lipinski definition) is 3. The van der Waals surface area contributed by atoms with E-state index in [9.17, 15) is 9.59 Å². The molecule has 1 rings (SSSR count). The smallest absolute Gasteiger partial charge is 0.426 e. The molecule has 0 aliphatic heterocycles. The number of rotatable bonds is 2. The molecule has 2 N–H and O–H groups in total. The van der Waals surface area contributed by atoms with Crippen LogP contribution in [0.1, 0.15) is 40.2 Å². The summed E-state index contributed by atoms with van der Waals surface area (Å²) in [4.78, 5) is 23.6. The fourth-order valence-electron chi connectivity index (χ4n) is 1.55. The van der Waals surface area contributed by atoms with Crippen LogP contribution in [0.4, 0.5) is 4.79 Å². The first kappa shape index (κ1) is 16.0. The highest BCUT2D eigenvalue weighted by Crippen LogP contribution is 2.22. The normalized spacial score (nSPS) is 11.7. The molecule has 110 valence electrons. The number of carbonyl (C=O) groups excluding carboxylic acids is 2. The molecule has 5 heteroatoms. The number of carbonyl (C=O) groups is 2. The molecule has 0 fully saturated rings. The maximum Gasteiger partial charge on any atom is 0.426 e. The Labute approximate surface area is 119 Å². The summed E-state index contributed by atoms with van der Waals surface area (Å²) in [5, 5.41) is 0. The molecule has 1 aromatic carbocycles. The van der Waals surface area contributed by atoms with Crippen molar-refractivity contribution in [1.82, 2.24) is 10.9 Å². The Morgan fingerprint density at radius 3 is 2.00 bits per heavy atom. The summed E-state index contributed by atoms with van der Waals surface area (Å²) >= 11 is 0. The van der Waals surface area contributed by atoms with E-state index >= 15 is 0 Å². The molecule has 0 atom stereocenters. The van der Waals surface area contributed by atoms with Crippen molar-refractivity contribution in [3.05, 3.63) is 35.9 Å². The molecule has 0 unspecified atom stereocenters. The Morgan fingerprint density at radius 2 is 1.50 bits per heavy atom. The highest BCUT2D eigenvalue weighted by Gasteiger charge is 2.30. The number of ether oxygens (including phenoxy) is 1. The average Bonchev–Trinajstić information content (AvgIpc) is 2.35. The van der Waals surface area contributed by atoms with Crippen molar-refractivity contribution in [1.29, 1.82) is 0 Å². The van der Waals surface area contributed by atoms with Crippen LogP contribution in [0.25, 0.3) is 0 Å². The van der Waals surface area contributed by atoms with Gasteiger partial charge in [-0.05, 0) is 40.2 Å². The Morgan fingerprint density at radius 1 is 0.950 bits per heavy atom. The maximum atomic E-state index is 12.2. The summed E-state index contributed by atoms with van der Waals surface area (Å²) in [6, 6.07) is 9.36. The van der Waals surface area contributed by atoms with Gasteiger partial charge in [0.15, 0.2) is 0 Å². The SMILES string of the molecule is CC(C)(C)OC(=O)NNC(=O)C(C)(C)c1ccccc1. The monoisotopic (exact) mass is 278 g/mol. The zero-order valence-electron chi connectivity index (χ0n) is 12.6. The number of hydrogen-bond donors (Lipinski definition) is 2. The van der Waals surface area contributed by atoms with E-state index in [1.54, 1.807) is 34.6 Å². The van der Waals surface area contributed by atoms with Gasteiger partial charge in [0.25, 0.3) is 0 Å². The quantitative estimate of drug-likeness (QED) is 0.817. The van der Waals surface area contributed by atoms with Crippen LogP contribution < -0.4 is 10.9 Å². The fraction of sp³-hybridized carbons (Fsp3) is 0.467. The molecule has 0 aliphatic carbocycles. The summed E-state index contributed by atoms with van der Waals surface area (Å²) in [5.41, 5.74) is 4.14. The van der Waals surface area contributed by atoms with E-state index in [2.05, 4.69) is 10.9 Å². The Kier molecular flexibility index (Phi) is 4.76. The number of hydrazine groups is 1. The van der Waals surface area contributed by atoms with E-state index in [1.165, 1.54) is 0 Å². The van der Waals surface area contributed by atoms with Crippen LogP contribution in [-0.2, 0) is 14.9 Å². The Balaban J connectivity index is 2.61. The largest absolute Gasteiger partial charge is 0.443 e. The molecular formula is C15H22N2O3. The second-order valence-corrected chi connectivity index (χ2v) is 6.07. The van der Waals surface area contributed by atoms with Crippen LogP contribution in [0.15, 0.2) is 30.3 Å². The summed E-state index contributed by atoms with van der Waals surface area (Å²) in [7, 11) is 0. The van der Waals surface area contributed by atoms with Gasteiger partial charge in [-0.2, -0.15) is 0 Å². The van der Waals surface area contributed by atoms with Crippen LogP contribution in [0.5, 0.6) is 0 Å². The minimum absolute atomic E-state index is 0.311. The fourth-order valence-corrected chi connectivity index (χ4v) is 1.55. The molecule has 5 nitrogen and oxygen atoms in total. The molecule has 0 bridgehead atoms. The average molecular weight is 278 g/mol. The lowest BCUT2D eigenvalue weighted by Crippen LogP contribution is -2.50. The first-order chi connectivity index (χ1) is 9.13. The van der Waals surface area contributed by atoms with Crippen LogP contribution in [0.2, 0.25) is 0 Å². The standard InChI is InChI=1S/C15H22N2O3/c1-14(2,3)20-13(19)17-16-12(18)15(4,5)11-9-7-6-8-10-11/h6-10H,1-5H3,(H,16,18)(H,17,19). The van der Waals surface area contributed by atoms with Gasteiger partial charge in [0.1, 0.15) is 5.60 Å². The maximum absolute atomic E-state index is 12.2. The van der Waals surface area contributed by atoms with Crippen molar-refractivity contribution in [2.45, 2.75) is 45.6 Å². The molecule has 0 spiro atoms. The third kappa shape index (κ3) is 4.57. The van der Waals surface area contributed by atoms with Gasteiger partial charge >= 0.3 is 6.09 Å². The Hall–Kier alpha value is -2.04. The summed E-state index contributed by atoms with van der Waals surface area (Å²) in [6.45, 7) is 8.83. The predicted molar refractivity (Wildman–Crippen MR) is 77.0 cm³/mol. The number of benzene rings is 1. The van der Waals surface area contributed by atoms with E-state index in [4.69, 9.17) is 4.74 Å². The van der Waals surface area contributed by atoms with Crippen molar-refractivity contribution in [3.8, 4) is 0 Å². The topological polar surface area (TPSA) is 67.4 Å². The molecule has 0 radical (unpaired) electrons. The van der Waals surface area contributed by atoms with E-state index in [0.29, 0.717) is 0 Å². The van der Waals surface area contributed by atoms with Gasteiger partial charge in [0, 0.05) is 0 Å². The molecular weight excluding hydrogens is 256 g/mol. The van der Waals surface area contributed by atoms with Crippen LogP contribution in [0.3, 0.4) is 0 Å². The molecule has 0 aromatic heterocycles. The van der Waals surface area contributed by atoms with Gasteiger partial charge in [-0.25, -0.2) is 10.2 Å². The van der Waals surface area contributed by atoms with E-state index in [-0.39, 0.29) is 5.91 Å². The van der Waals surface area contributed by atoms with Gasteiger partial charge in [0.2, 0.25) is 5.91 Å². The second kappa shape index (κ2) is 5.94. The molecule has 0 saturated carbocycles. The van der Waals surface area contributed by atoms with Gasteiger partial charge in [0.05, 0.1) is 5.41 Å². The summed E-state index contributed by atoms with van der Waals surface area (Å²) < 4.78 is 5.04. The Bertz CT molecular complexity index is 476. The highest BCUT2D eigenvalue weighted by atomic mass is 16.6. The van der Waals surface area contributed by atoms with Crippen LogP contribution in [0, 0.1) is 0 Å². The molecule has 0 heterocycles. The highest BCUT2D eigenvalue weighted by molar-refractivity contribution is 5.88. The van der Waals surface area contributed by atoms with E-state index in [0.717, 1.165) is 5.56 Å². The van der Waals surface area contributed by atoms with Crippen molar-refractivity contribution in [2.24, 2.45) is 0 Å². The van der Waals surface area contributed by atoms with Gasteiger partial charge < -0.3 is 4.74 Å². The molecule has 1 aromatic rings. The molecule has 0 saturated heterocycles. The third-order valence-corrected chi connectivity index (χ3v) is 2.74. The third-order valence-electron chi connectivity index (χ3n) is 2.74. The molecule has 20 heavy (non-hydrogen) atoms. The molecule has 0 aliphatic rings. The van der Waals surface area contributed by atoms with Crippen molar-refractivity contribution in [3.63, 3.8) is 0 Å². The lowest BCUT2D eigenvalue weighted by atomic mass is 9.84. The van der Waals surface area contributed by atoms with Crippen molar-refractivity contribution >= 4 is 12.0 Å². The zero-order valence-corrected chi connectivity index (χ0v) is 12.6. The van der Waals surface area contributed by atoms with E-state index in [1.807, 2.05) is 30.3 Å². The second-order valence-electron chi connectivity index (χ2n) is 6.07. The lowest BCUT2D eigenvalue weighted by Gasteiger charge is -2.25. The van der Waals surface area contributed by atoms with Gasteiger partial charge in [-0.1, -0.05) is 30.3 Å². The predicted octanol–water partition coefficient (Wildman–Crippen LogP) is 2.52. The number of nitrogens with one attached hydrogen (secondary N) is 2. The first-order valence-electron chi connectivity index (χ1n) is 6.48. The summed E-state index contributed by atoms with van der Waals surface area (Å²) in [6.07, 6.45) is -0.685. The van der Waals surface area contributed by atoms with Crippen LogP contribution >= 0.6 is 0 Å². The van der Waals surface area contributed by atoms with Crippen molar-refractivity contribution in [2.75, 3.05) is 0 Å². The summed E-state index contributed by atoms with van der Waals surface area (Å²) in [5.74, 6) is -0.311. The molecule has 2 amide bonds. The van der Waals surface area contributed by atoms with Gasteiger partial charge in [-0.15, -0.1) is 0 Å². The number of amides is 2. The van der Waals surface area contributed by atoms with Crippen molar-refractivity contribution < 1.29 is 14.3 Å².